The average molecular weight is 356 g/mol. The summed E-state index contributed by atoms with van der Waals surface area (Å²) in [5.74, 6) is -0.259. The number of hydrogen-bond acceptors (Lipinski definition) is 5. The number of aromatic nitrogens is 2. The second-order valence-electron chi connectivity index (χ2n) is 6.13. The van der Waals surface area contributed by atoms with Crippen LogP contribution in [0.25, 0.3) is 10.9 Å². The number of carbonyl (C=O) groups excluding carboxylic acids is 3. The van der Waals surface area contributed by atoms with Crippen LogP contribution >= 0.6 is 0 Å². The lowest BCUT2D eigenvalue weighted by atomic mass is 10.2. The second kappa shape index (κ2) is 7.47. The minimum Gasteiger partial charge on any atom is -0.335 e. The van der Waals surface area contributed by atoms with E-state index in [4.69, 9.17) is 0 Å². The minimum atomic E-state index is -0.248. The van der Waals surface area contributed by atoms with Crippen molar-refractivity contribution in [2.45, 2.75) is 32.7 Å². The first-order chi connectivity index (χ1) is 12.5. The van der Waals surface area contributed by atoms with Gasteiger partial charge in [0, 0.05) is 32.4 Å². The topological polar surface area (TPSA) is 103 Å². The van der Waals surface area contributed by atoms with E-state index in [-0.39, 0.29) is 55.6 Å². The summed E-state index contributed by atoms with van der Waals surface area (Å²) in [7, 11) is 0. The zero-order chi connectivity index (χ0) is 18.7. The van der Waals surface area contributed by atoms with Gasteiger partial charge in [-0.25, -0.2) is 4.98 Å². The molecule has 1 fully saturated rings. The predicted molar refractivity (Wildman–Crippen MR) is 94.0 cm³/mol. The van der Waals surface area contributed by atoms with Crippen LogP contribution in [-0.2, 0) is 20.9 Å². The smallest absolute Gasteiger partial charge is 0.258 e. The molecule has 26 heavy (non-hydrogen) atoms. The van der Waals surface area contributed by atoms with Gasteiger partial charge in [0.1, 0.15) is 5.82 Å². The van der Waals surface area contributed by atoms with Gasteiger partial charge in [0.05, 0.1) is 17.4 Å². The van der Waals surface area contributed by atoms with Crippen LogP contribution in [0.15, 0.2) is 29.1 Å². The number of aromatic amines is 1. The zero-order valence-corrected chi connectivity index (χ0v) is 14.5. The summed E-state index contributed by atoms with van der Waals surface area (Å²) in [6.07, 6.45) is 0.489. The van der Waals surface area contributed by atoms with Crippen molar-refractivity contribution in [3.63, 3.8) is 0 Å². The fourth-order valence-electron chi connectivity index (χ4n) is 3.00. The van der Waals surface area contributed by atoms with Crippen LogP contribution < -0.4 is 5.56 Å². The molecule has 1 saturated heterocycles. The van der Waals surface area contributed by atoms with Gasteiger partial charge in [-0.05, 0) is 19.1 Å². The van der Waals surface area contributed by atoms with Gasteiger partial charge in [-0.15, -0.1) is 0 Å². The highest BCUT2D eigenvalue weighted by atomic mass is 16.2. The van der Waals surface area contributed by atoms with Crippen molar-refractivity contribution in [1.29, 1.82) is 0 Å². The lowest BCUT2D eigenvalue weighted by Crippen LogP contribution is -2.36. The van der Waals surface area contributed by atoms with E-state index in [9.17, 15) is 19.2 Å². The number of likely N-dealkylation sites (tertiary alicyclic amines) is 1. The third-order valence-corrected chi connectivity index (χ3v) is 4.44. The Bertz CT molecular complexity index is 905. The molecule has 2 aromatic rings. The molecule has 1 aliphatic heterocycles. The molecule has 8 heteroatoms. The maximum Gasteiger partial charge on any atom is 0.258 e. The maximum atomic E-state index is 12.5. The molecule has 1 aromatic carbocycles. The van der Waals surface area contributed by atoms with Crippen LogP contribution in [0.3, 0.4) is 0 Å². The van der Waals surface area contributed by atoms with Crippen molar-refractivity contribution < 1.29 is 14.4 Å². The number of nitrogens with one attached hydrogen (secondary N) is 1. The van der Waals surface area contributed by atoms with Gasteiger partial charge in [-0.1, -0.05) is 12.1 Å². The molecule has 3 amide bonds. The summed E-state index contributed by atoms with van der Waals surface area (Å²) < 4.78 is 0. The Labute approximate surface area is 149 Å². The zero-order valence-electron chi connectivity index (χ0n) is 14.5. The molecular weight excluding hydrogens is 336 g/mol. The van der Waals surface area contributed by atoms with Crippen molar-refractivity contribution in [2.75, 3.05) is 13.1 Å². The van der Waals surface area contributed by atoms with Crippen molar-refractivity contribution >= 4 is 28.6 Å². The Balaban J connectivity index is 1.69. The van der Waals surface area contributed by atoms with Gasteiger partial charge in [0.2, 0.25) is 17.7 Å². The third-order valence-electron chi connectivity index (χ3n) is 4.44. The van der Waals surface area contributed by atoms with E-state index < -0.39 is 0 Å². The first kappa shape index (κ1) is 17.8. The molecule has 0 bridgehead atoms. The van der Waals surface area contributed by atoms with Crippen LogP contribution in [0.2, 0.25) is 0 Å². The molecular formula is C18H20N4O4. The number of amides is 3. The van der Waals surface area contributed by atoms with Gasteiger partial charge in [0.25, 0.3) is 5.56 Å². The number of hydrogen-bond donors (Lipinski definition) is 1. The molecule has 136 valence electrons. The quantitative estimate of drug-likeness (QED) is 0.772. The SMILES string of the molecule is CCN(Cc1nc2ccccc2c(=O)[nH]1)C(=O)CCN1C(=O)CCC1=O. The highest BCUT2D eigenvalue weighted by Crippen LogP contribution is 2.13. The standard InChI is InChI=1S/C18H20N4O4/c1-2-21(15(23)9-10-22-16(24)7-8-17(22)25)11-14-19-13-6-4-3-5-12(13)18(26)20-14/h3-6H,2,7-11H2,1H3,(H,19,20,26). The first-order valence-corrected chi connectivity index (χ1v) is 8.58. The Kier molecular flexibility index (Phi) is 5.11. The second-order valence-corrected chi connectivity index (χ2v) is 6.13. The average Bonchev–Trinajstić information content (AvgIpc) is 2.95. The first-order valence-electron chi connectivity index (χ1n) is 8.58. The van der Waals surface area contributed by atoms with Gasteiger partial charge in [-0.2, -0.15) is 0 Å². The van der Waals surface area contributed by atoms with E-state index in [0.29, 0.717) is 23.3 Å². The van der Waals surface area contributed by atoms with Crippen molar-refractivity contribution in [3.8, 4) is 0 Å². The van der Waals surface area contributed by atoms with E-state index >= 15 is 0 Å². The summed E-state index contributed by atoms with van der Waals surface area (Å²) >= 11 is 0. The van der Waals surface area contributed by atoms with Crippen LogP contribution in [0, 0.1) is 0 Å². The number of H-pyrrole nitrogens is 1. The van der Waals surface area contributed by atoms with E-state index in [1.807, 2.05) is 6.92 Å². The number of carbonyl (C=O) groups is 3. The molecule has 1 aliphatic rings. The number of rotatable bonds is 6. The van der Waals surface area contributed by atoms with Crippen LogP contribution in [0.1, 0.15) is 32.0 Å². The Morgan fingerprint density at radius 1 is 1.19 bits per heavy atom. The van der Waals surface area contributed by atoms with E-state index in [2.05, 4.69) is 9.97 Å². The fraction of sp³-hybridized carbons (Fsp3) is 0.389. The summed E-state index contributed by atoms with van der Waals surface area (Å²) in [5, 5.41) is 0.497. The van der Waals surface area contributed by atoms with Crippen molar-refractivity contribution in [2.24, 2.45) is 0 Å². The van der Waals surface area contributed by atoms with E-state index in [1.165, 1.54) is 4.90 Å². The predicted octanol–water partition coefficient (Wildman–Crippen LogP) is 0.811. The number of benzene rings is 1. The van der Waals surface area contributed by atoms with Crippen molar-refractivity contribution in [1.82, 2.24) is 19.8 Å². The molecule has 0 atom stereocenters. The van der Waals surface area contributed by atoms with E-state index in [1.54, 1.807) is 24.3 Å². The van der Waals surface area contributed by atoms with Gasteiger partial charge in [0.15, 0.2) is 0 Å². The van der Waals surface area contributed by atoms with Crippen LogP contribution in [0.4, 0.5) is 0 Å². The molecule has 0 saturated carbocycles. The Hall–Kier alpha value is -3.03. The number of fused-ring (bicyclic) bond motifs is 1. The Morgan fingerprint density at radius 2 is 1.88 bits per heavy atom. The molecule has 8 nitrogen and oxygen atoms in total. The highest BCUT2D eigenvalue weighted by Gasteiger charge is 2.29. The van der Waals surface area contributed by atoms with Gasteiger partial charge < -0.3 is 9.88 Å². The molecule has 1 N–H and O–H groups in total. The molecule has 2 heterocycles. The number of para-hydroxylation sites is 1. The normalized spacial score (nSPS) is 14.3. The number of nitrogens with zero attached hydrogens (tertiary/aromatic N) is 3. The fourth-order valence-corrected chi connectivity index (χ4v) is 3.00. The maximum absolute atomic E-state index is 12.5. The van der Waals surface area contributed by atoms with Crippen LogP contribution in [-0.4, -0.2) is 50.6 Å². The lowest BCUT2D eigenvalue weighted by molar-refractivity contribution is -0.139. The summed E-state index contributed by atoms with van der Waals surface area (Å²) in [4.78, 5) is 57.6. The minimum absolute atomic E-state index is 0.0587. The lowest BCUT2D eigenvalue weighted by Gasteiger charge is -2.22. The van der Waals surface area contributed by atoms with Gasteiger partial charge >= 0.3 is 0 Å². The highest BCUT2D eigenvalue weighted by molar-refractivity contribution is 6.02. The monoisotopic (exact) mass is 356 g/mol. The molecule has 0 unspecified atom stereocenters. The van der Waals surface area contributed by atoms with E-state index in [0.717, 1.165) is 4.90 Å². The molecule has 0 spiro atoms. The summed E-state index contributed by atoms with van der Waals surface area (Å²) in [6.45, 7) is 2.51. The van der Waals surface area contributed by atoms with Crippen LogP contribution in [0.5, 0.6) is 0 Å². The number of imide groups is 1. The molecule has 0 radical (unpaired) electrons. The Morgan fingerprint density at radius 3 is 2.58 bits per heavy atom. The summed E-state index contributed by atoms with van der Waals surface area (Å²) in [6, 6.07) is 7.00. The summed E-state index contributed by atoms with van der Waals surface area (Å²) in [5.41, 5.74) is 0.324. The van der Waals surface area contributed by atoms with Crippen molar-refractivity contribution in [3.05, 3.63) is 40.4 Å². The molecule has 0 aliphatic carbocycles. The largest absolute Gasteiger partial charge is 0.335 e. The molecule has 3 rings (SSSR count). The molecule has 1 aromatic heterocycles. The van der Waals surface area contributed by atoms with Gasteiger partial charge in [-0.3, -0.25) is 24.1 Å². The third kappa shape index (κ3) is 3.63.